The zero-order valence-electron chi connectivity index (χ0n) is 9.87. The SMILES string of the molecule is CCc1ccsc1CNCc1cccc(Cl)c1. The first kappa shape index (κ1) is 12.6. The number of thiophene rings is 1. The van der Waals surface area contributed by atoms with Gasteiger partial charge in [-0.05, 0) is 41.1 Å². The Morgan fingerprint density at radius 2 is 2.12 bits per heavy atom. The minimum absolute atomic E-state index is 0.801. The summed E-state index contributed by atoms with van der Waals surface area (Å²) in [5, 5.41) is 6.42. The molecule has 0 spiro atoms. The number of halogens is 1. The molecule has 17 heavy (non-hydrogen) atoms. The number of rotatable bonds is 5. The second kappa shape index (κ2) is 6.20. The summed E-state index contributed by atoms with van der Waals surface area (Å²) in [4.78, 5) is 1.44. The van der Waals surface area contributed by atoms with Gasteiger partial charge in [0.2, 0.25) is 0 Å². The van der Waals surface area contributed by atoms with E-state index in [1.165, 1.54) is 16.0 Å². The number of hydrogen-bond acceptors (Lipinski definition) is 2. The van der Waals surface area contributed by atoms with Crippen LogP contribution in [0.5, 0.6) is 0 Å². The van der Waals surface area contributed by atoms with E-state index in [2.05, 4.69) is 29.8 Å². The van der Waals surface area contributed by atoms with Crippen molar-refractivity contribution in [1.82, 2.24) is 5.32 Å². The van der Waals surface area contributed by atoms with Crippen LogP contribution in [0.4, 0.5) is 0 Å². The maximum atomic E-state index is 5.95. The van der Waals surface area contributed by atoms with Gasteiger partial charge >= 0.3 is 0 Å². The van der Waals surface area contributed by atoms with Gasteiger partial charge in [-0.15, -0.1) is 11.3 Å². The third-order valence-corrected chi connectivity index (χ3v) is 3.92. The van der Waals surface area contributed by atoms with Gasteiger partial charge in [0, 0.05) is 23.0 Å². The second-order valence-corrected chi connectivity index (χ2v) is 5.39. The molecule has 0 bridgehead atoms. The molecular weight excluding hydrogens is 250 g/mol. The van der Waals surface area contributed by atoms with Crippen molar-refractivity contribution < 1.29 is 0 Å². The Hall–Kier alpha value is -0.830. The highest BCUT2D eigenvalue weighted by Gasteiger charge is 2.01. The van der Waals surface area contributed by atoms with Crippen LogP contribution in [0.25, 0.3) is 0 Å². The molecule has 0 radical (unpaired) electrons. The van der Waals surface area contributed by atoms with Crippen LogP contribution < -0.4 is 5.32 Å². The Morgan fingerprint density at radius 3 is 2.88 bits per heavy atom. The van der Waals surface area contributed by atoms with E-state index in [9.17, 15) is 0 Å². The molecule has 2 aromatic rings. The lowest BCUT2D eigenvalue weighted by Gasteiger charge is -2.05. The predicted octanol–water partition coefficient (Wildman–Crippen LogP) is 4.25. The zero-order chi connectivity index (χ0) is 12.1. The Balaban J connectivity index is 1.87. The average molecular weight is 266 g/mol. The van der Waals surface area contributed by atoms with Crippen LogP contribution >= 0.6 is 22.9 Å². The van der Waals surface area contributed by atoms with Crippen molar-refractivity contribution in [2.24, 2.45) is 0 Å². The fraction of sp³-hybridized carbons (Fsp3) is 0.286. The topological polar surface area (TPSA) is 12.0 Å². The summed E-state index contributed by atoms with van der Waals surface area (Å²) in [6.45, 7) is 4.00. The maximum absolute atomic E-state index is 5.95. The van der Waals surface area contributed by atoms with Gasteiger partial charge in [-0.25, -0.2) is 0 Å². The molecule has 90 valence electrons. The summed E-state index contributed by atoms with van der Waals surface area (Å²) in [6, 6.07) is 10.2. The van der Waals surface area contributed by atoms with Crippen molar-refractivity contribution in [3.05, 3.63) is 56.7 Å². The average Bonchev–Trinajstić information content (AvgIpc) is 2.77. The molecule has 0 saturated heterocycles. The first-order valence-electron chi connectivity index (χ1n) is 5.80. The summed E-state index contributed by atoms with van der Waals surface area (Å²) < 4.78 is 0. The highest BCUT2D eigenvalue weighted by atomic mass is 35.5. The lowest BCUT2D eigenvalue weighted by molar-refractivity contribution is 0.697. The summed E-state index contributed by atoms with van der Waals surface area (Å²) in [5.41, 5.74) is 2.68. The molecule has 0 aliphatic heterocycles. The minimum Gasteiger partial charge on any atom is -0.308 e. The van der Waals surface area contributed by atoms with Gasteiger partial charge in [-0.2, -0.15) is 0 Å². The fourth-order valence-corrected chi connectivity index (χ4v) is 2.96. The number of nitrogens with one attached hydrogen (secondary N) is 1. The van der Waals surface area contributed by atoms with E-state index in [0.717, 1.165) is 24.5 Å². The summed E-state index contributed by atoms with van der Waals surface area (Å²) >= 11 is 7.77. The van der Waals surface area contributed by atoms with E-state index in [4.69, 9.17) is 11.6 Å². The van der Waals surface area contributed by atoms with E-state index in [0.29, 0.717) is 0 Å². The van der Waals surface area contributed by atoms with E-state index in [1.807, 2.05) is 29.5 Å². The van der Waals surface area contributed by atoms with Gasteiger partial charge < -0.3 is 5.32 Å². The third kappa shape index (κ3) is 3.56. The molecule has 1 aromatic heterocycles. The van der Waals surface area contributed by atoms with Crippen molar-refractivity contribution in [3.63, 3.8) is 0 Å². The smallest absolute Gasteiger partial charge is 0.0409 e. The standard InChI is InChI=1S/C14H16ClNS/c1-2-12-6-7-17-14(12)10-16-9-11-4-3-5-13(15)8-11/h3-8,16H,2,9-10H2,1H3. The molecule has 0 amide bonds. The van der Waals surface area contributed by atoms with Crippen LogP contribution in [0.1, 0.15) is 22.9 Å². The van der Waals surface area contributed by atoms with Gasteiger partial charge in [-0.3, -0.25) is 0 Å². The van der Waals surface area contributed by atoms with Gasteiger partial charge in [0.25, 0.3) is 0 Å². The molecule has 1 N–H and O–H groups in total. The largest absolute Gasteiger partial charge is 0.308 e. The fourth-order valence-electron chi connectivity index (χ4n) is 1.80. The molecule has 2 rings (SSSR count). The minimum atomic E-state index is 0.801. The third-order valence-electron chi connectivity index (χ3n) is 2.72. The lowest BCUT2D eigenvalue weighted by atomic mass is 10.2. The first-order valence-corrected chi connectivity index (χ1v) is 7.05. The zero-order valence-corrected chi connectivity index (χ0v) is 11.4. The van der Waals surface area contributed by atoms with Gasteiger partial charge in [-0.1, -0.05) is 30.7 Å². The molecule has 1 heterocycles. The number of hydrogen-bond donors (Lipinski definition) is 1. The Labute approximate surface area is 111 Å². The molecule has 0 saturated carbocycles. The van der Waals surface area contributed by atoms with Crippen molar-refractivity contribution in [2.45, 2.75) is 26.4 Å². The number of benzene rings is 1. The first-order chi connectivity index (χ1) is 8.29. The van der Waals surface area contributed by atoms with Crippen LogP contribution in [0.2, 0.25) is 5.02 Å². The number of aryl methyl sites for hydroxylation is 1. The van der Waals surface area contributed by atoms with Crippen molar-refractivity contribution in [2.75, 3.05) is 0 Å². The second-order valence-electron chi connectivity index (χ2n) is 3.96. The molecule has 0 aliphatic rings. The molecule has 3 heteroatoms. The van der Waals surface area contributed by atoms with Gasteiger partial charge in [0.1, 0.15) is 0 Å². The van der Waals surface area contributed by atoms with Crippen molar-refractivity contribution in [3.8, 4) is 0 Å². The Kier molecular flexibility index (Phi) is 4.60. The van der Waals surface area contributed by atoms with Gasteiger partial charge in [0.05, 0.1) is 0 Å². The molecule has 0 atom stereocenters. The normalized spacial score (nSPS) is 10.7. The van der Waals surface area contributed by atoms with E-state index < -0.39 is 0 Å². The Bertz CT molecular complexity index is 479. The van der Waals surface area contributed by atoms with Crippen molar-refractivity contribution >= 4 is 22.9 Å². The summed E-state index contributed by atoms with van der Waals surface area (Å²) in [7, 11) is 0. The maximum Gasteiger partial charge on any atom is 0.0409 e. The monoisotopic (exact) mass is 265 g/mol. The molecular formula is C14H16ClNS. The van der Waals surface area contributed by atoms with Crippen LogP contribution in [0, 0.1) is 0 Å². The van der Waals surface area contributed by atoms with Crippen LogP contribution in [0.3, 0.4) is 0 Å². The van der Waals surface area contributed by atoms with E-state index >= 15 is 0 Å². The van der Waals surface area contributed by atoms with E-state index in [1.54, 1.807) is 0 Å². The van der Waals surface area contributed by atoms with Crippen LogP contribution in [0.15, 0.2) is 35.7 Å². The molecule has 1 aromatic carbocycles. The van der Waals surface area contributed by atoms with Crippen LogP contribution in [-0.4, -0.2) is 0 Å². The van der Waals surface area contributed by atoms with Gasteiger partial charge in [0.15, 0.2) is 0 Å². The van der Waals surface area contributed by atoms with Crippen molar-refractivity contribution in [1.29, 1.82) is 0 Å². The molecule has 0 aliphatic carbocycles. The Morgan fingerprint density at radius 1 is 1.24 bits per heavy atom. The quantitative estimate of drug-likeness (QED) is 0.852. The molecule has 1 nitrogen and oxygen atoms in total. The van der Waals surface area contributed by atoms with Crippen LogP contribution in [-0.2, 0) is 19.5 Å². The summed E-state index contributed by atoms with van der Waals surface area (Å²) in [5.74, 6) is 0. The van der Waals surface area contributed by atoms with E-state index in [-0.39, 0.29) is 0 Å². The highest BCUT2D eigenvalue weighted by Crippen LogP contribution is 2.17. The lowest BCUT2D eigenvalue weighted by Crippen LogP contribution is -2.12. The molecule has 0 unspecified atom stereocenters. The summed E-state index contributed by atoms with van der Waals surface area (Å²) in [6.07, 6.45) is 1.11. The highest BCUT2D eigenvalue weighted by molar-refractivity contribution is 7.10. The molecule has 0 fully saturated rings. The predicted molar refractivity (Wildman–Crippen MR) is 75.7 cm³/mol.